The molecule has 0 radical (unpaired) electrons. The van der Waals surface area contributed by atoms with Crippen LogP contribution in [-0.2, 0) is 0 Å². The van der Waals surface area contributed by atoms with Crippen LogP contribution in [0.2, 0.25) is 0 Å². The van der Waals surface area contributed by atoms with Gasteiger partial charge < -0.3 is 4.42 Å². The van der Waals surface area contributed by atoms with Gasteiger partial charge in [0.1, 0.15) is 12.1 Å². The third-order valence-corrected chi connectivity index (χ3v) is 1.01. The maximum absolute atomic E-state index is 8.31. The van der Waals surface area contributed by atoms with E-state index in [1.165, 1.54) is 0 Å². The molecule has 0 saturated heterocycles. The molecule has 5 heteroatoms. The molecule has 0 fully saturated rings. The maximum Gasteiger partial charge on any atom is 0.255 e. The van der Waals surface area contributed by atoms with Gasteiger partial charge >= 0.3 is 0 Å². The Labute approximate surface area is 62.1 Å². The van der Waals surface area contributed by atoms with Crippen LogP contribution in [0, 0.1) is 22.7 Å². The number of nitrogens with zero attached hydrogens (tertiary/aromatic N) is 3. The van der Waals surface area contributed by atoms with E-state index >= 15 is 0 Å². The highest BCUT2D eigenvalue weighted by Crippen LogP contribution is 2.10. The van der Waals surface area contributed by atoms with E-state index < -0.39 is 0 Å². The molecule has 0 aliphatic carbocycles. The van der Waals surface area contributed by atoms with Gasteiger partial charge in [-0.1, -0.05) is 12.6 Å². The summed E-state index contributed by atoms with van der Waals surface area (Å²) < 4.78 is 4.62. The molecule has 0 amide bonds. The quantitative estimate of drug-likeness (QED) is 0.554. The number of nitriles is 2. The Bertz CT molecular complexity index is 298. The lowest BCUT2D eigenvalue weighted by Gasteiger charge is -1.71. The second-order valence-corrected chi connectivity index (χ2v) is 1.78. The van der Waals surface area contributed by atoms with E-state index in [2.05, 4.69) is 22.0 Å². The Morgan fingerprint density at radius 2 is 2.10 bits per heavy atom. The molecule has 4 nitrogen and oxygen atoms in total. The fourth-order valence-corrected chi connectivity index (χ4v) is 0.652. The Morgan fingerprint density at radius 3 is 2.50 bits per heavy atom. The third-order valence-electron chi connectivity index (χ3n) is 0.823. The van der Waals surface area contributed by atoms with Crippen LogP contribution >= 0.6 is 12.6 Å². The zero-order valence-corrected chi connectivity index (χ0v) is 5.59. The Hall–Kier alpha value is -1.46. The van der Waals surface area contributed by atoms with Crippen molar-refractivity contribution in [2.75, 3.05) is 0 Å². The number of thiol groups is 1. The van der Waals surface area contributed by atoms with E-state index in [1.54, 1.807) is 12.1 Å². The summed E-state index contributed by atoms with van der Waals surface area (Å²) in [4.78, 5) is 3.51. The summed E-state index contributed by atoms with van der Waals surface area (Å²) >= 11 is 3.70. The van der Waals surface area contributed by atoms with Crippen molar-refractivity contribution in [1.82, 2.24) is 4.98 Å². The zero-order chi connectivity index (χ0) is 7.56. The summed E-state index contributed by atoms with van der Waals surface area (Å²) in [5.41, 5.74) is -0.0208. The summed E-state index contributed by atoms with van der Waals surface area (Å²) in [5.74, 6) is -0.0903. The van der Waals surface area contributed by atoms with Gasteiger partial charge in [0.05, 0.1) is 0 Å². The standard InChI is InChI=1S/C5HN3OS/c6-1-3-4(2-7)9-5(10)8-3/h(H,8,10). The lowest BCUT2D eigenvalue weighted by Crippen LogP contribution is -1.75. The molecule has 0 N–H and O–H groups in total. The first kappa shape index (κ1) is 6.66. The van der Waals surface area contributed by atoms with Crippen molar-refractivity contribution in [3.05, 3.63) is 11.5 Å². The van der Waals surface area contributed by atoms with Crippen LogP contribution in [0.25, 0.3) is 0 Å². The smallest absolute Gasteiger partial charge is 0.255 e. The number of oxazole rings is 1. The minimum absolute atomic E-state index is 0.0208. The monoisotopic (exact) mass is 151 g/mol. The van der Waals surface area contributed by atoms with Crippen LogP contribution in [0.5, 0.6) is 0 Å². The Balaban J connectivity index is 3.28. The lowest BCUT2D eigenvalue weighted by molar-refractivity contribution is 0.446. The van der Waals surface area contributed by atoms with Crippen molar-refractivity contribution < 1.29 is 4.42 Å². The topological polar surface area (TPSA) is 73.6 Å². The highest BCUT2D eigenvalue weighted by molar-refractivity contribution is 7.80. The molecule has 1 rings (SSSR count). The summed E-state index contributed by atoms with van der Waals surface area (Å²) in [6.07, 6.45) is 0. The molecular weight excluding hydrogens is 150 g/mol. The molecule has 0 aromatic carbocycles. The lowest BCUT2D eigenvalue weighted by atomic mass is 10.4. The number of hydrogen-bond donors (Lipinski definition) is 1. The van der Waals surface area contributed by atoms with E-state index in [0.29, 0.717) is 0 Å². The van der Waals surface area contributed by atoms with Crippen LogP contribution in [0.3, 0.4) is 0 Å². The van der Waals surface area contributed by atoms with Gasteiger partial charge in [-0.2, -0.15) is 15.5 Å². The first-order valence-electron chi connectivity index (χ1n) is 2.28. The number of rotatable bonds is 0. The van der Waals surface area contributed by atoms with Crippen LogP contribution in [0.1, 0.15) is 11.5 Å². The third kappa shape index (κ3) is 0.949. The minimum atomic E-state index is -0.0903. The average Bonchev–Trinajstić information content (AvgIpc) is 2.30. The van der Waals surface area contributed by atoms with Crippen LogP contribution in [0.15, 0.2) is 9.64 Å². The van der Waals surface area contributed by atoms with Crippen LogP contribution in [0.4, 0.5) is 0 Å². The van der Waals surface area contributed by atoms with Gasteiger partial charge in [0, 0.05) is 0 Å². The molecule has 0 aliphatic rings. The van der Waals surface area contributed by atoms with E-state index in [1.807, 2.05) is 0 Å². The van der Waals surface area contributed by atoms with Crippen molar-refractivity contribution in [2.45, 2.75) is 5.22 Å². The molecule has 1 heterocycles. The van der Waals surface area contributed by atoms with Gasteiger partial charge in [-0.15, -0.1) is 0 Å². The zero-order valence-electron chi connectivity index (χ0n) is 4.70. The fourth-order valence-electron chi connectivity index (χ4n) is 0.460. The van der Waals surface area contributed by atoms with Gasteiger partial charge in [-0.05, 0) is 0 Å². The molecule has 0 aliphatic heterocycles. The number of aromatic nitrogens is 1. The van der Waals surface area contributed by atoms with Gasteiger partial charge in [0.2, 0.25) is 5.76 Å². The van der Waals surface area contributed by atoms with Crippen LogP contribution < -0.4 is 0 Å². The molecule has 1 aromatic heterocycles. The predicted octanol–water partition coefficient (Wildman–Crippen LogP) is 0.707. The largest absolute Gasteiger partial charge is 0.419 e. The summed E-state index contributed by atoms with van der Waals surface area (Å²) in [6, 6.07) is 3.36. The van der Waals surface area contributed by atoms with E-state index in [-0.39, 0.29) is 16.7 Å². The Morgan fingerprint density at radius 1 is 1.40 bits per heavy atom. The molecule has 1 aromatic rings. The SMILES string of the molecule is N#Cc1nc(S)oc1C#N. The minimum Gasteiger partial charge on any atom is -0.419 e. The van der Waals surface area contributed by atoms with Crippen molar-refractivity contribution in [2.24, 2.45) is 0 Å². The predicted molar refractivity (Wildman–Crippen MR) is 33.2 cm³/mol. The van der Waals surface area contributed by atoms with Gasteiger partial charge in [-0.3, -0.25) is 0 Å². The Kier molecular flexibility index (Phi) is 1.61. The molecule has 0 unspecified atom stereocenters. The molecule has 10 heavy (non-hydrogen) atoms. The molecule has 48 valence electrons. The second kappa shape index (κ2) is 2.42. The van der Waals surface area contributed by atoms with Crippen molar-refractivity contribution in [1.29, 1.82) is 10.5 Å². The van der Waals surface area contributed by atoms with Crippen molar-refractivity contribution in [3.8, 4) is 12.1 Å². The second-order valence-electron chi connectivity index (χ2n) is 1.40. The van der Waals surface area contributed by atoms with Gasteiger partial charge in [-0.25, -0.2) is 0 Å². The summed E-state index contributed by atoms with van der Waals surface area (Å²) in [6.45, 7) is 0. The highest BCUT2D eigenvalue weighted by atomic mass is 32.1. The van der Waals surface area contributed by atoms with Crippen LogP contribution in [-0.4, -0.2) is 4.98 Å². The first-order chi connectivity index (χ1) is 4.77. The molecule has 0 bridgehead atoms. The van der Waals surface area contributed by atoms with E-state index in [4.69, 9.17) is 10.5 Å². The molecule has 0 atom stereocenters. The first-order valence-corrected chi connectivity index (χ1v) is 2.72. The average molecular weight is 151 g/mol. The van der Waals surface area contributed by atoms with Gasteiger partial charge in [0.25, 0.3) is 5.22 Å². The van der Waals surface area contributed by atoms with Crippen molar-refractivity contribution >= 4 is 12.6 Å². The molecule has 0 saturated carbocycles. The maximum atomic E-state index is 8.31. The normalized spacial score (nSPS) is 8.30. The van der Waals surface area contributed by atoms with E-state index in [9.17, 15) is 0 Å². The highest BCUT2D eigenvalue weighted by Gasteiger charge is 2.08. The van der Waals surface area contributed by atoms with E-state index in [0.717, 1.165) is 0 Å². The van der Waals surface area contributed by atoms with Gasteiger partial charge in [0.15, 0.2) is 5.69 Å². The fraction of sp³-hybridized carbons (Fsp3) is 0. The summed E-state index contributed by atoms with van der Waals surface area (Å²) in [7, 11) is 0. The molecule has 0 spiro atoms. The molecular formula is C5HN3OS. The van der Waals surface area contributed by atoms with Crippen molar-refractivity contribution in [3.63, 3.8) is 0 Å². The number of hydrogen-bond acceptors (Lipinski definition) is 5. The summed E-state index contributed by atoms with van der Waals surface area (Å²) in [5, 5.41) is 16.6.